The van der Waals surface area contributed by atoms with Crippen LogP contribution in [0.1, 0.15) is 19.3 Å². The van der Waals surface area contributed by atoms with Gasteiger partial charge in [-0.15, -0.1) is 0 Å². The van der Waals surface area contributed by atoms with E-state index in [1.54, 1.807) is 0 Å². The third-order valence-electron chi connectivity index (χ3n) is 2.98. The van der Waals surface area contributed by atoms with Crippen LogP contribution in [0.4, 0.5) is 4.79 Å². The molecule has 0 aromatic rings. The number of nitrogens with one attached hydrogen (secondary N) is 2. The summed E-state index contributed by atoms with van der Waals surface area (Å²) >= 11 is 0. The number of hydrogen-bond acceptors (Lipinski definition) is 4. The minimum absolute atomic E-state index is 0.0755. The molecule has 1 rings (SSSR count). The summed E-state index contributed by atoms with van der Waals surface area (Å²) in [6.07, 6.45) is 2.53. The summed E-state index contributed by atoms with van der Waals surface area (Å²) in [4.78, 5) is 22.3. The van der Waals surface area contributed by atoms with Crippen LogP contribution in [-0.2, 0) is 9.53 Å². The zero-order valence-corrected chi connectivity index (χ0v) is 10.4. The number of hydrogen-bond donors (Lipinski definition) is 3. The Hall–Kier alpha value is -1.56. The third kappa shape index (κ3) is 5.18. The quantitative estimate of drug-likeness (QED) is 0.610. The summed E-state index contributed by atoms with van der Waals surface area (Å²) in [6, 6.07) is -0.373. The van der Waals surface area contributed by atoms with Crippen LogP contribution >= 0.6 is 0 Å². The van der Waals surface area contributed by atoms with Crippen molar-refractivity contribution in [2.75, 3.05) is 19.7 Å². The third-order valence-corrected chi connectivity index (χ3v) is 2.98. The first-order valence-electron chi connectivity index (χ1n) is 6.10. The molecular weight excluding hydrogens is 236 g/mol. The maximum Gasteiger partial charge on any atom is 0.407 e. The van der Waals surface area contributed by atoms with Crippen LogP contribution in [0, 0.1) is 5.92 Å². The Morgan fingerprint density at radius 3 is 2.72 bits per heavy atom. The van der Waals surface area contributed by atoms with Crippen molar-refractivity contribution in [2.24, 2.45) is 5.92 Å². The number of ether oxygens (including phenoxy) is 1. The van der Waals surface area contributed by atoms with Crippen molar-refractivity contribution in [3.05, 3.63) is 12.7 Å². The number of piperidine rings is 1. The number of carboxylic acids is 1. The van der Waals surface area contributed by atoms with E-state index in [1.807, 2.05) is 0 Å². The SMILES string of the molecule is C=CCOC(=O)NC(CC(=O)O)C1CCNCC1. The highest BCUT2D eigenvalue weighted by Crippen LogP contribution is 2.19. The maximum atomic E-state index is 11.4. The smallest absolute Gasteiger partial charge is 0.407 e. The molecule has 0 radical (unpaired) electrons. The molecule has 1 heterocycles. The van der Waals surface area contributed by atoms with Crippen LogP contribution in [0.15, 0.2) is 12.7 Å². The highest BCUT2D eigenvalue weighted by atomic mass is 16.5. The Kier molecular flexibility index (Phi) is 6.21. The van der Waals surface area contributed by atoms with E-state index in [-0.39, 0.29) is 25.0 Å². The van der Waals surface area contributed by atoms with Gasteiger partial charge in [0.2, 0.25) is 0 Å². The van der Waals surface area contributed by atoms with Crippen LogP contribution < -0.4 is 10.6 Å². The van der Waals surface area contributed by atoms with Crippen LogP contribution in [0.5, 0.6) is 0 Å². The van der Waals surface area contributed by atoms with E-state index in [9.17, 15) is 9.59 Å². The second-order valence-electron chi connectivity index (χ2n) is 4.32. The highest BCUT2D eigenvalue weighted by Gasteiger charge is 2.27. The minimum Gasteiger partial charge on any atom is -0.481 e. The van der Waals surface area contributed by atoms with E-state index in [1.165, 1.54) is 6.08 Å². The molecule has 0 aromatic heterocycles. The predicted molar refractivity (Wildman–Crippen MR) is 66.3 cm³/mol. The van der Waals surface area contributed by atoms with E-state index in [4.69, 9.17) is 9.84 Å². The first-order chi connectivity index (χ1) is 8.63. The number of carbonyl (C=O) groups excluding carboxylic acids is 1. The molecule has 1 fully saturated rings. The molecule has 1 aliphatic heterocycles. The summed E-state index contributed by atoms with van der Waals surface area (Å²) < 4.78 is 4.82. The van der Waals surface area contributed by atoms with Crippen LogP contribution in [0.3, 0.4) is 0 Å². The van der Waals surface area contributed by atoms with Crippen molar-refractivity contribution in [2.45, 2.75) is 25.3 Å². The largest absolute Gasteiger partial charge is 0.481 e. The molecule has 1 amide bonds. The summed E-state index contributed by atoms with van der Waals surface area (Å²) in [6.45, 7) is 5.27. The second-order valence-corrected chi connectivity index (χ2v) is 4.32. The topological polar surface area (TPSA) is 87.7 Å². The van der Waals surface area contributed by atoms with E-state index in [0.29, 0.717) is 0 Å². The van der Waals surface area contributed by atoms with Gasteiger partial charge < -0.3 is 20.5 Å². The van der Waals surface area contributed by atoms with Gasteiger partial charge in [0.05, 0.1) is 6.42 Å². The molecule has 18 heavy (non-hydrogen) atoms. The first kappa shape index (κ1) is 14.5. The van der Waals surface area contributed by atoms with E-state index < -0.39 is 12.1 Å². The average Bonchev–Trinajstić information content (AvgIpc) is 2.36. The number of alkyl carbamates (subject to hydrolysis) is 1. The van der Waals surface area contributed by atoms with Gasteiger partial charge in [-0.25, -0.2) is 4.79 Å². The molecule has 1 aliphatic rings. The van der Waals surface area contributed by atoms with Gasteiger partial charge in [0.25, 0.3) is 0 Å². The monoisotopic (exact) mass is 256 g/mol. The van der Waals surface area contributed by atoms with Gasteiger partial charge in [-0.2, -0.15) is 0 Å². The lowest BCUT2D eigenvalue weighted by Gasteiger charge is -2.30. The number of carboxylic acid groups (broad SMARTS) is 1. The molecule has 0 spiro atoms. The molecule has 1 saturated heterocycles. The van der Waals surface area contributed by atoms with Gasteiger partial charge in [0.1, 0.15) is 6.61 Å². The Bertz CT molecular complexity index is 300. The van der Waals surface area contributed by atoms with Gasteiger partial charge in [-0.05, 0) is 31.8 Å². The number of amides is 1. The summed E-state index contributed by atoms with van der Waals surface area (Å²) in [7, 11) is 0. The zero-order chi connectivity index (χ0) is 13.4. The van der Waals surface area contributed by atoms with E-state index in [0.717, 1.165) is 25.9 Å². The lowest BCUT2D eigenvalue weighted by atomic mass is 9.88. The van der Waals surface area contributed by atoms with Gasteiger partial charge in [0.15, 0.2) is 0 Å². The fraction of sp³-hybridized carbons (Fsp3) is 0.667. The molecule has 3 N–H and O–H groups in total. The van der Waals surface area contributed by atoms with Crippen molar-refractivity contribution < 1.29 is 19.4 Å². The Morgan fingerprint density at radius 1 is 1.50 bits per heavy atom. The summed E-state index contributed by atoms with van der Waals surface area (Å²) in [5.41, 5.74) is 0. The molecule has 1 atom stereocenters. The van der Waals surface area contributed by atoms with Crippen molar-refractivity contribution in [3.8, 4) is 0 Å². The molecule has 0 bridgehead atoms. The number of rotatable bonds is 6. The van der Waals surface area contributed by atoms with Crippen molar-refractivity contribution in [1.29, 1.82) is 0 Å². The lowest BCUT2D eigenvalue weighted by molar-refractivity contribution is -0.137. The number of aliphatic carboxylic acids is 1. The Balaban J connectivity index is 2.50. The van der Waals surface area contributed by atoms with Gasteiger partial charge in [-0.3, -0.25) is 4.79 Å². The highest BCUT2D eigenvalue weighted by molar-refractivity contribution is 5.71. The first-order valence-corrected chi connectivity index (χ1v) is 6.10. The van der Waals surface area contributed by atoms with Crippen molar-refractivity contribution >= 4 is 12.1 Å². The molecule has 0 saturated carbocycles. The molecule has 1 unspecified atom stereocenters. The Morgan fingerprint density at radius 2 is 2.17 bits per heavy atom. The van der Waals surface area contributed by atoms with Crippen molar-refractivity contribution in [1.82, 2.24) is 10.6 Å². The fourth-order valence-electron chi connectivity index (χ4n) is 2.10. The molecule has 6 nitrogen and oxygen atoms in total. The number of carbonyl (C=O) groups is 2. The van der Waals surface area contributed by atoms with Crippen LogP contribution in [0.25, 0.3) is 0 Å². The molecule has 0 aromatic carbocycles. The van der Waals surface area contributed by atoms with E-state index in [2.05, 4.69) is 17.2 Å². The molecule has 6 heteroatoms. The van der Waals surface area contributed by atoms with Gasteiger partial charge in [0, 0.05) is 6.04 Å². The lowest BCUT2D eigenvalue weighted by Crippen LogP contribution is -2.45. The Labute approximate surface area is 106 Å². The van der Waals surface area contributed by atoms with Crippen LogP contribution in [-0.4, -0.2) is 42.9 Å². The average molecular weight is 256 g/mol. The normalized spacial score (nSPS) is 17.8. The van der Waals surface area contributed by atoms with Crippen molar-refractivity contribution in [3.63, 3.8) is 0 Å². The summed E-state index contributed by atoms with van der Waals surface area (Å²) in [5.74, 6) is -0.735. The molecular formula is C12H20N2O4. The second kappa shape index (κ2) is 7.71. The van der Waals surface area contributed by atoms with Gasteiger partial charge >= 0.3 is 12.1 Å². The minimum atomic E-state index is -0.914. The fourth-order valence-corrected chi connectivity index (χ4v) is 2.10. The van der Waals surface area contributed by atoms with E-state index >= 15 is 0 Å². The maximum absolute atomic E-state index is 11.4. The predicted octanol–water partition coefficient (Wildman–Crippen LogP) is 0.741. The molecule has 0 aliphatic carbocycles. The summed E-state index contributed by atoms with van der Waals surface area (Å²) in [5, 5.41) is 14.7. The molecule has 102 valence electrons. The standard InChI is InChI=1S/C12H20N2O4/c1-2-7-18-12(17)14-10(8-11(15)16)9-3-5-13-6-4-9/h2,9-10,13H,1,3-8H2,(H,14,17)(H,15,16). The zero-order valence-electron chi connectivity index (χ0n) is 10.4. The van der Waals surface area contributed by atoms with Gasteiger partial charge in [-0.1, -0.05) is 12.7 Å². The van der Waals surface area contributed by atoms with Crippen LogP contribution in [0.2, 0.25) is 0 Å².